The number of anilines is 3. The van der Waals surface area contributed by atoms with Crippen LogP contribution in [0.3, 0.4) is 0 Å². The summed E-state index contributed by atoms with van der Waals surface area (Å²) in [7, 11) is 0. The largest absolute Gasteiger partial charge is 0.356 e. The summed E-state index contributed by atoms with van der Waals surface area (Å²) in [6.45, 7) is 5.03. The Bertz CT molecular complexity index is 744. The molecule has 0 radical (unpaired) electrons. The number of aromatic nitrogens is 3. The average molecular weight is 363 g/mol. The molecule has 0 spiro atoms. The van der Waals surface area contributed by atoms with Crippen molar-refractivity contribution in [2.24, 2.45) is 0 Å². The van der Waals surface area contributed by atoms with Crippen LogP contribution < -0.4 is 14.7 Å². The van der Waals surface area contributed by atoms with E-state index in [0.717, 1.165) is 37.8 Å². The molecule has 2 aromatic heterocycles. The third-order valence-electron chi connectivity index (χ3n) is 4.76. The van der Waals surface area contributed by atoms with Crippen molar-refractivity contribution in [2.75, 3.05) is 54.0 Å². The van der Waals surface area contributed by atoms with Crippen molar-refractivity contribution >= 4 is 29.1 Å². The topological polar surface area (TPSA) is 48.4 Å². The summed E-state index contributed by atoms with van der Waals surface area (Å²) < 4.78 is 14.1. The van der Waals surface area contributed by atoms with Crippen LogP contribution >= 0.6 is 11.6 Å². The number of nitrogens with zero attached hydrogens (tertiary/aromatic N) is 6. The molecule has 2 aromatic rings. The minimum Gasteiger partial charge on any atom is -0.356 e. The Hall–Kier alpha value is -2.15. The van der Waals surface area contributed by atoms with Crippen LogP contribution in [-0.2, 0) is 0 Å². The molecule has 6 nitrogen and oxygen atoms in total. The van der Waals surface area contributed by atoms with E-state index in [1.807, 2.05) is 4.90 Å². The van der Waals surface area contributed by atoms with Gasteiger partial charge in [0, 0.05) is 51.5 Å². The molecule has 0 amide bonds. The van der Waals surface area contributed by atoms with Crippen molar-refractivity contribution in [3.63, 3.8) is 0 Å². The summed E-state index contributed by atoms with van der Waals surface area (Å²) in [5.41, 5.74) is 0. The summed E-state index contributed by atoms with van der Waals surface area (Å²) in [6.07, 6.45) is 5.56. The van der Waals surface area contributed by atoms with Gasteiger partial charge in [0.15, 0.2) is 11.6 Å². The molecule has 2 saturated heterocycles. The zero-order valence-electron chi connectivity index (χ0n) is 13.9. The van der Waals surface area contributed by atoms with Crippen LogP contribution in [0, 0.1) is 5.82 Å². The van der Waals surface area contributed by atoms with E-state index in [9.17, 15) is 4.39 Å². The smallest absolute Gasteiger partial charge is 0.167 e. The molecule has 4 rings (SSSR count). The van der Waals surface area contributed by atoms with Gasteiger partial charge in [-0.05, 0) is 18.9 Å². The summed E-state index contributed by atoms with van der Waals surface area (Å²) >= 11 is 5.78. The molecule has 0 saturated carbocycles. The molecular weight excluding hydrogens is 343 g/mol. The summed E-state index contributed by atoms with van der Waals surface area (Å²) in [6, 6.07) is 3.37. The quantitative estimate of drug-likeness (QED) is 0.836. The maximum Gasteiger partial charge on any atom is 0.167 e. The fraction of sp³-hybridized carbons (Fsp3) is 0.471. The van der Waals surface area contributed by atoms with Crippen molar-refractivity contribution in [3.05, 3.63) is 35.5 Å². The van der Waals surface area contributed by atoms with Crippen LogP contribution in [0.1, 0.15) is 12.8 Å². The van der Waals surface area contributed by atoms with E-state index in [2.05, 4.69) is 30.8 Å². The molecule has 0 aliphatic carbocycles. The molecule has 8 heteroatoms. The maximum absolute atomic E-state index is 14.1. The van der Waals surface area contributed by atoms with Crippen LogP contribution in [0.15, 0.2) is 24.7 Å². The number of pyridine rings is 1. The van der Waals surface area contributed by atoms with Gasteiger partial charge in [0.05, 0.1) is 5.02 Å². The Morgan fingerprint density at radius 1 is 0.800 bits per heavy atom. The molecule has 4 heterocycles. The van der Waals surface area contributed by atoms with Crippen LogP contribution in [0.5, 0.6) is 0 Å². The number of hydrogen-bond acceptors (Lipinski definition) is 6. The van der Waals surface area contributed by atoms with Gasteiger partial charge in [-0.1, -0.05) is 11.6 Å². The van der Waals surface area contributed by atoms with Crippen molar-refractivity contribution < 1.29 is 4.39 Å². The fourth-order valence-corrected chi connectivity index (χ4v) is 3.56. The van der Waals surface area contributed by atoms with Gasteiger partial charge in [0.25, 0.3) is 0 Å². The average Bonchev–Trinajstić information content (AvgIpc) is 3.17. The van der Waals surface area contributed by atoms with Crippen LogP contribution in [0.25, 0.3) is 0 Å². The van der Waals surface area contributed by atoms with Crippen LogP contribution in [-0.4, -0.2) is 54.2 Å². The molecule has 0 N–H and O–H groups in total. The van der Waals surface area contributed by atoms with Crippen molar-refractivity contribution in [2.45, 2.75) is 12.8 Å². The van der Waals surface area contributed by atoms with Gasteiger partial charge in [-0.25, -0.2) is 19.3 Å². The molecule has 0 unspecified atom stereocenters. The number of halogens is 2. The van der Waals surface area contributed by atoms with E-state index >= 15 is 0 Å². The van der Waals surface area contributed by atoms with E-state index in [1.165, 1.54) is 25.1 Å². The molecular formula is C17H20ClFN6. The van der Waals surface area contributed by atoms with Gasteiger partial charge >= 0.3 is 0 Å². The molecule has 2 fully saturated rings. The lowest BCUT2D eigenvalue weighted by Crippen LogP contribution is -2.47. The van der Waals surface area contributed by atoms with Crippen molar-refractivity contribution in [1.29, 1.82) is 0 Å². The lowest BCUT2D eigenvalue weighted by molar-refractivity contribution is 0.587. The van der Waals surface area contributed by atoms with Gasteiger partial charge in [-0.3, -0.25) is 0 Å². The summed E-state index contributed by atoms with van der Waals surface area (Å²) in [5, 5.41) is 0.315. The van der Waals surface area contributed by atoms with Gasteiger partial charge in [-0.2, -0.15) is 0 Å². The first-order valence-corrected chi connectivity index (χ1v) is 8.96. The summed E-state index contributed by atoms with van der Waals surface area (Å²) in [4.78, 5) is 19.4. The van der Waals surface area contributed by atoms with E-state index in [0.29, 0.717) is 23.9 Å². The predicted octanol–water partition coefficient (Wildman–Crippen LogP) is 2.59. The predicted molar refractivity (Wildman–Crippen MR) is 97.1 cm³/mol. The first-order chi connectivity index (χ1) is 12.2. The Kier molecular flexibility index (Phi) is 4.57. The normalized spacial score (nSPS) is 18.1. The van der Waals surface area contributed by atoms with Crippen LogP contribution in [0.4, 0.5) is 21.8 Å². The third kappa shape index (κ3) is 3.46. The highest BCUT2D eigenvalue weighted by Gasteiger charge is 2.22. The van der Waals surface area contributed by atoms with Crippen LogP contribution in [0.2, 0.25) is 5.02 Å². The van der Waals surface area contributed by atoms with Crippen molar-refractivity contribution in [3.8, 4) is 0 Å². The highest BCUT2D eigenvalue weighted by molar-refractivity contribution is 6.30. The standard InChI is InChI=1S/C17H20ClFN6/c18-13-9-14(19)17(20-11-13)25-7-5-24(6-8-25)16-10-15(21-12-22-16)23-3-1-2-4-23/h9-12H,1-8H2. The highest BCUT2D eigenvalue weighted by Crippen LogP contribution is 2.24. The fourth-order valence-electron chi connectivity index (χ4n) is 3.42. The van der Waals surface area contributed by atoms with Gasteiger partial charge in [0.2, 0.25) is 0 Å². The van der Waals surface area contributed by atoms with E-state index < -0.39 is 0 Å². The van der Waals surface area contributed by atoms with E-state index in [-0.39, 0.29) is 5.82 Å². The molecule has 2 aliphatic rings. The second-order valence-corrected chi connectivity index (χ2v) is 6.80. The Balaban J connectivity index is 1.44. The molecule has 0 bridgehead atoms. The first kappa shape index (κ1) is 16.3. The number of hydrogen-bond donors (Lipinski definition) is 0. The monoisotopic (exact) mass is 362 g/mol. The first-order valence-electron chi connectivity index (χ1n) is 8.58. The van der Waals surface area contributed by atoms with Gasteiger partial charge < -0.3 is 14.7 Å². The Morgan fingerprint density at radius 3 is 2.04 bits per heavy atom. The molecule has 2 aliphatic heterocycles. The molecule has 0 aromatic carbocycles. The molecule has 132 valence electrons. The number of rotatable bonds is 3. The zero-order chi connectivity index (χ0) is 17.2. The molecule has 25 heavy (non-hydrogen) atoms. The zero-order valence-corrected chi connectivity index (χ0v) is 14.7. The van der Waals surface area contributed by atoms with E-state index in [4.69, 9.17) is 11.6 Å². The summed E-state index contributed by atoms with van der Waals surface area (Å²) in [5.74, 6) is 1.92. The number of piperazine rings is 1. The lowest BCUT2D eigenvalue weighted by atomic mass is 10.3. The highest BCUT2D eigenvalue weighted by atomic mass is 35.5. The minimum atomic E-state index is -0.376. The lowest BCUT2D eigenvalue weighted by Gasteiger charge is -2.36. The minimum absolute atomic E-state index is 0.315. The maximum atomic E-state index is 14.1. The van der Waals surface area contributed by atoms with Crippen molar-refractivity contribution in [1.82, 2.24) is 15.0 Å². The van der Waals surface area contributed by atoms with Gasteiger partial charge in [-0.15, -0.1) is 0 Å². The molecule has 0 atom stereocenters. The Labute approximate surface area is 151 Å². The second kappa shape index (κ2) is 7.00. The van der Waals surface area contributed by atoms with Gasteiger partial charge in [0.1, 0.15) is 18.0 Å². The SMILES string of the molecule is Fc1cc(Cl)cnc1N1CCN(c2cc(N3CCCC3)ncn2)CC1. The van der Waals surface area contributed by atoms with E-state index in [1.54, 1.807) is 6.33 Å². The third-order valence-corrected chi connectivity index (χ3v) is 4.97. The Morgan fingerprint density at radius 2 is 1.40 bits per heavy atom. The second-order valence-electron chi connectivity index (χ2n) is 6.36.